The number of methoxy groups -OCH3 is 1. The van der Waals surface area contributed by atoms with Crippen LogP contribution in [-0.2, 0) is 0 Å². The van der Waals surface area contributed by atoms with Gasteiger partial charge in [-0.1, -0.05) is 17.7 Å². The van der Waals surface area contributed by atoms with Gasteiger partial charge in [-0.2, -0.15) is 0 Å². The van der Waals surface area contributed by atoms with Crippen LogP contribution < -0.4 is 15.8 Å². The smallest absolute Gasteiger partial charge is 0.259 e. The largest absolute Gasteiger partial charge is 0.496 e. The number of benzene rings is 2. The van der Waals surface area contributed by atoms with Crippen LogP contribution in [0.25, 0.3) is 0 Å². The summed E-state index contributed by atoms with van der Waals surface area (Å²) in [7, 11) is 1.60. The van der Waals surface area contributed by atoms with Gasteiger partial charge in [0, 0.05) is 11.4 Å². The van der Waals surface area contributed by atoms with Crippen molar-refractivity contribution in [3.63, 3.8) is 0 Å². The Labute approximate surface area is 122 Å². The van der Waals surface area contributed by atoms with Crippen LogP contribution in [0.3, 0.4) is 0 Å². The minimum absolute atomic E-state index is 0.280. The summed E-state index contributed by atoms with van der Waals surface area (Å²) in [6.07, 6.45) is 0. The molecule has 0 radical (unpaired) electrons. The summed E-state index contributed by atoms with van der Waals surface area (Å²) in [4.78, 5) is 12.2. The fourth-order valence-corrected chi connectivity index (χ4v) is 2.20. The number of nitrogen functional groups attached to an aromatic ring is 1. The number of halogens is 1. The van der Waals surface area contributed by atoms with E-state index in [2.05, 4.69) is 5.32 Å². The quantitative estimate of drug-likeness (QED) is 0.851. The van der Waals surface area contributed by atoms with E-state index in [1.54, 1.807) is 37.4 Å². The fraction of sp³-hybridized carbons (Fsp3) is 0.133. The number of rotatable bonds is 3. The lowest BCUT2D eigenvalue weighted by Crippen LogP contribution is -2.14. The summed E-state index contributed by atoms with van der Waals surface area (Å²) in [5.41, 5.74) is 8.00. The molecular formula is C15H15ClN2O2. The van der Waals surface area contributed by atoms with E-state index in [1.807, 2.05) is 13.0 Å². The summed E-state index contributed by atoms with van der Waals surface area (Å²) in [5.74, 6) is 0.429. The zero-order valence-electron chi connectivity index (χ0n) is 11.2. The monoisotopic (exact) mass is 290 g/mol. The van der Waals surface area contributed by atoms with Crippen LogP contribution in [0.2, 0.25) is 5.02 Å². The van der Waals surface area contributed by atoms with Crippen molar-refractivity contribution in [3.8, 4) is 5.75 Å². The van der Waals surface area contributed by atoms with Crippen LogP contribution in [0.5, 0.6) is 5.75 Å². The molecule has 0 bridgehead atoms. The average molecular weight is 291 g/mol. The van der Waals surface area contributed by atoms with Gasteiger partial charge in [-0.3, -0.25) is 4.79 Å². The Morgan fingerprint density at radius 2 is 2.05 bits per heavy atom. The number of hydrogen-bond acceptors (Lipinski definition) is 3. The van der Waals surface area contributed by atoms with Crippen molar-refractivity contribution < 1.29 is 9.53 Å². The number of ether oxygens (including phenoxy) is 1. The first kappa shape index (κ1) is 14.2. The molecular weight excluding hydrogens is 276 g/mol. The lowest BCUT2D eigenvalue weighted by Gasteiger charge is -2.11. The van der Waals surface area contributed by atoms with Gasteiger partial charge in [0.1, 0.15) is 5.75 Å². The minimum Gasteiger partial charge on any atom is -0.496 e. The molecule has 0 atom stereocenters. The Kier molecular flexibility index (Phi) is 4.15. The first-order chi connectivity index (χ1) is 9.52. The third-order valence-corrected chi connectivity index (χ3v) is 3.24. The van der Waals surface area contributed by atoms with Crippen molar-refractivity contribution in [1.82, 2.24) is 0 Å². The highest BCUT2D eigenvalue weighted by molar-refractivity contribution is 6.35. The van der Waals surface area contributed by atoms with Gasteiger partial charge in [0.2, 0.25) is 0 Å². The van der Waals surface area contributed by atoms with Gasteiger partial charge >= 0.3 is 0 Å². The average Bonchev–Trinajstić information content (AvgIpc) is 2.38. The van der Waals surface area contributed by atoms with E-state index in [-0.39, 0.29) is 11.5 Å². The van der Waals surface area contributed by atoms with E-state index >= 15 is 0 Å². The highest BCUT2D eigenvalue weighted by Crippen LogP contribution is 2.25. The van der Waals surface area contributed by atoms with Crippen LogP contribution in [0.1, 0.15) is 15.9 Å². The summed E-state index contributed by atoms with van der Waals surface area (Å²) in [6, 6.07) is 10.3. The van der Waals surface area contributed by atoms with Gasteiger partial charge in [-0.15, -0.1) is 0 Å². The second kappa shape index (κ2) is 5.84. The molecule has 2 rings (SSSR count). The molecule has 3 N–H and O–H groups in total. The molecule has 0 aliphatic heterocycles. The number of nitrogens with two attached hydrogens (primary N) is 1. The van der Waals surface area contributed by atoms with E-state index in [0.717, 1.165) is 11.3 Å². The molecule has 0 aromatic heterocycles. The summed E-state index contributed by atoms with van der Waals surface area (Å²) >= 11 is 6.01. The summed E-state index contributed by atoms with van der Waals surface area (Å²) in [6.45, 7) is 1.90. The number of hydrogen-bond donors (Lipinski definition) is 2. The van der Waals surface area contributed by atoms with Crippen molar-refractivity contribution in [2.24, 2.45) is 0 Å². The maximum absolute atomic E-state index is 12.2. The Bertz CT molecular complexity index is 636. The molecule has 20 heavy (non-hydrogen) atoms. The van der Waals surface area contributed by atoms with E-state index < -0.39 is 0 Å². The van der Waals surface area contributed by atoms with Crippen molar-refractivity contribution in [2.75, 3.05) is 18.2 Å². The molecule has 1 amide bonds. The van der Waals surface area contributed by atoms with Gasteiger partial charge < -0.3 is 15.8 Å². The van der Waals surface area contributed by atoms with E-state index in [4.69, 9.17) is 22.1 Å². The van der Waals surface area contributed by atoms with Crippen LogP contribution >= 0.6 is 11.6 Å². The highest BCUT2D eigenvalue weighted by Gasteiger charge is 2.14. The molecule has 5 heteroatoms. The van der Waals surface area contributed by atoms with Gasteiger partial charge in [0.15, 0.2) is 0 Å². The fourth-order valence-electron chi connectivity index (χ4n) is 1.93. The Hall–Kier alpha value is -2.20. The molecule has 4 nitrogen and oxygen atoms in total. The minimum atomic E-state index is -0.335. The molecule has 0 saturated carbocycles. The Morgan fingerprint density at radius 1 is 1.30 bits per heavy atom. The molecule has 0 aliphatic carbocycles. The van der Waals surface area contributed by atoms with E-state index in [9.17, 15) is 4.79 Å². The summed E-state index contributed by atoms with van der Waals surface area (Å²) < 4.78 is 5.17. The van der Waals surface area contributed by atoms with Gasteiger partial charge in [0.05, 0.1) is 17.7 Å². The lowest BCUT2D eigenvalue weighted by atomic mass is 10.1. The predicted molar refractivity (Wildman–Crippen MR) is 81.5 cm³/mol. The van der Waals surface area contributed by atoms with Crippen molar-refractivity contribution >= 4 is 28.9 Å². The standard InChI is InChI=1S/C15H15ClN2O2/c1-9-8-10(6-7-13(9)20-2)18-15(19)14-11(16)4-3-5-12(14)17/h3-8H,17H2,1-2H3,(H,18,19). The highest BCUT2D eigenvalue weighted by atomic mass is 35.5. The molecule has 2 aromatic carbocycles. The van der Waals surface area contributed by atoms with Crippen LogP contribution in [0.4, 0.5) is 11.4 Å². The lowest BCUT2D eigenvalue weighted by molar-refractivity contribution is 0.102. The van der Waals surface area contributed by atoms with Gasteiger partial charge in [-0.05, 0) is 42.8 Å². The van der Waals surface area contributed by atoms with Crippen molar-refractivity contribution in [2.45, 2.75) is 6.92 Å². The zero-order valence-corrected chi connectivity index (χ0v) is 12.0. The maximum Gasteiger partial charge on any atom is 0.259 e. The maximum atomic E-state index is 12.2. The summed E-state index contributed by atoms with van der Waals surface area (Å²) in [5, 5.41) is 3.10. The first-order valence-corrected chi connectivity index (χ1v) is 6.40. The van der Waals surface area contributed by atoms with E-state index in [1.165, 1.54) is 0 Å². The van der Waals surface area contributed by atoms with Gasteiger partial charge in [0.25, 0.3) is 5.91 Å². The van der Waals surface area contributed by atoms with Gasteiger partial charge in [-0.25, -0.2) is 0 Å². The number of carbonyl (C=O) groups excluding carboxylic acids is 1. The molecule has 0 aliphatic rings. The zero-order chi connectivity index (χ0) is 14.7. The van der Waals surface area contributed by atoms with Crippen molar-refractivity contribution in [3.05, 3.63) is 52.5 Å². The molecule has 0 unspecified atom stereocenters. The first-order valence-electron chi connectivity index (χ1n) is 6.03. The van der Waals surface area contributed by atoms with E-state index in [0.29, 0.717) is 16.4 Å². The Morgan fingerprint density at radius 3 is 2.65 bits per heavy atom. The molecule has 2 aromatic rings. The second-order valence-corrected chi connectivity index (χ2v) is 4.75. The molecule has 0 saturated heterocycles. The van der Waals surface area contributed by atoms with Crippen molar-refractivity contribution in [1.29, 1.82) is 0 Å². The number of carbonyl (C=O) groups is 1. The third-order valence-electron chi connectivity index (χ3n) is 2.93. The predicted octanol–water partition coefficient (Wildman–Crippen LogP) is 3.49. The SMILES string of the molecule is COc1ccc(NC(=O)c2c(N)cccc2Cl)cc1C. The molecule has 0 spiro atoms. The topological polar surface area (TPSA) is 64.3 Å². The van der Waals surface area contributed by atoms with Crippen LogP contribution in [0.15, 0.2) is 36.4 Å². The normalized spacial score (nSPS) is 10.2. The van der Waals surface area contributed by atoms with Crippen LogP contribution in [0, 0.1) is 6.92 Å². The number of nitrogens with one attached hydrogen (secondary N) is 1. The molecule has 0 fully saturated rings. The Balaban J connectivity index is 2.26. The van der Waals surface area contributed by atoms with Crippen LogP contribution in [-0.4, -0.2) is 13.0 Å². The number of aryl methyl sites for hydroxylation is 1. The second-order valence-electron chi connectivity index (χ2n) is 4.34. The number of anilines is 2. The molecule has 104 valence electrons. The third kappa shape index (κ3) is 2.86. The number of amides is 1. The molecule has 0 heterocycles.